The number of furan rings is 1. The van der Waals surface area contributed by atoms with E-state index in [9.17, 15) is 4.79 Å². The van der Waals surface area contributed by atoms with Gasteiger partial charge in [0.25, 0.3) is 0 Å². The zero-order valence-electron chi connectivity index (χ0n) is 8.83. The molecule has 5 nitrogen and oxygen atoms in total. The number of hydrogen-bond acceptors (Lipinski definition) is 4. The first-order chi connectivity index (χ1) is 8.27. The zero-order chi connectivity index (χ0) is 12.1. The average Bonchev–Trinajstić information content (AvgIpc) is 2.82. The van der Waals surface area contributed by atoms with E-state index in [1.807, 2.05) is 0 Å². The van der Waals surface area contributed by atoms with E-state index in [2.05, 4.69) is 10.5 Å². The molecule has 0 amide bonds. The molecule has 0 atom stereocenters. The molecule has 1 heterocycles. The van der Waals surface area contributed by atoms with Crippen molar-refractivity contribution < 1.29 is 14.3 Å². The van der Waals surface area contributed by atoms with Gasteiger partial charge in [0.05, 0.1) is 23.7 Å². The number of hydrogen-bond donors (Lipinski definition) is 2. The molecule has 0 saturated heterocycles. The molecule has 86 valence electrons. The predicted octanol–water partition coefficient (Wildman–Crippen LogP) is 2.42. The van der Waals surface area contributed by atoms with E-state index in [0.29, 0.717) is 11.4 Å². The number of aromatic carboxylic acids is 1. The Morgan fingerprint density at radius 2 is 2.12 bits per heavy atom. The quantitative estimate of drug-likeness (QED) is 0.624. The third-order valence-corrected chi connectivity index (χ3v) is 2.08. The summed E-state index contributed by atoms with van der Waals surface area (Å²) in [4.78, 5) is 10.9. The molecule has 2 N–H and O–H groups in total. The standard InChI is InChI=1S/C12H10N2O3/c15-12(16)10-5-1-2-6-11(10)14-13-8-9-4-3-7-17-9/h1-8,14H,(H,15,16)/b13-8+. The highest BCUT2D eigenvalue weighted by Gasteiger charge is 2.07. The Balaban J connectivity index is 2.11. The van der Waals surface area contributed by atoms with E-state index < -0.39 is 5.97 Å². The predicted molar refractivity (Wildman–Crippen MR) is 63.3 cm³/mol. The zero-order valence-corrected chi connectivity index (χ0v) is 8.83. The summed E-state index contributed by atoms with van der Waals surface area (Å²) in [5.74, 6) is -0.411. The molecule has 0 radical (unpaired) electrons. The molecule has 2 rings (SSSR count). The van der Waals surface area contributed by atoms with E-state index in [4.69, 9.17) is 9.52 Å². The lowest BCUT2D eigenvalue weighted by Gasteiger charge is -2.03. The molecule has 2 aromatic rings. The lowest BCUT2D eigenvalue weighted by molar-refractivity contribution is 0.0698. The second-order valence-electron chi connectivity index (χ2n) is 3.24. The van der Waals surface area contributed by atoms with Gasteiger partial charge < -0.3 is 9.52 Å². The van der Waals surface area contributed by atoms with Gasteiger partial charge in [-0.3, -0.25) is 5.43 Å². The molecule has 0 aliphatic heterocycles. The number of carbonyl (C=O) groups is 1. The molecule has 0 aliphatic rings. The number of nitrogens with zero attached hydrogens (tertiary/aromatic N) is 1. The van der Waals surface area contributed by atoms with Crippen LogP contribution in [0.5, 0.6) is 0 Å². The fraction of sp³-hybridized carbons (Fsp3) is 0. The Morgan fingerprint density at radius 3 is 2.82 bits per heavy atom. The molecule has 1 aromatic carbocycles. The van der Waals surface area contributed by atoms with Crippen LogP contribution in [0.3, 0.4) is 0 Å². The molecule has 5 heteroatoms. The summed E-state index contributed by atoms with van der Waals surface area (Å²) < 4.78 is 5.04. The highest BCUT2D eigenvalue weighted by atomic mass is 16.4. The second kappa shape index (κ2) is 4.98. The highest BCUT2D eigenvalue weighted by molar-refractivity contribution is 5.94. The summed E-state index contributed by atoms with van der Waals surface area (Å²) in [6, 6.07) is 10.0. The number of hydrazone groups is 1. The van der Waals surface area contributed by atoms with Crippen molar-refractivity contribution in [1.29, 1.82) is 0 Å². The molecule has 0 bridgehead atoms. The van der Waals surface area contributed by atoms with Gasteiger partial charge in [0.1, 0.15) is 5.76 Å². The van der Waals surface area contributed by atoms with Gasteiger partial charge >= 0.3 is 5.97 Å². The first kappa shape index (κ1) is 10.9. The van der Waals surface area contributed by atoms with E-state index in [-0.39, 0.29) is 5.56 Å². The van der Waals surface area contributed by atoms with E-state index >= 15 is 0 Å². The van der Waals surface area contributed by atoms with Crippen molar-refractivity contribution in [3.05, 3.63) is 54.0 Å². The maximum absolute atomic E-state index is 10.9. The minimum Gasteiger partial charge on any atom is -0.478 e. The van der Waals surface area contributed by atoms with Gasteiger partial charge in [-0.2, -0.15) is 5.10 Å². The van der Waals surface area contributed by atoms with Crippen LogP contribution < -0.4 is 5.43 Å². The molecule has 0 fully saturated rings. The van der Waals surface area contributed by atoms with Crippen molar-refractivity contribution in [2.45, 2.75) is 0 Å². The summed E-state index contributed by atoms with van der Waals surface area (Å²) in [5, 5.41) is 12.8. The molecule has 0 unspecified atom stereocenters. The maximum atomic E-state index is 10.9. The summed E-state index contributed by atoms with van der Waals surface area (Å²) >= 11 is 0. The number of benzene rings is 1. The molecular weight excluding hydrogens is 220 g/mol. The van der Waals surface area contributed by atoms with Crippen molar-refractivity contribution in [1.82, 2.24) is 0 Å². The fourth-order valence-corrected chi connectivity index (χ4v) is 1.30. The lowest BCUT2D eigenvalue weighted by atomic mass is 10.2. The summed E-state index contributed by atoms with van der Waals surface area (Å²) in [6.45, 7) is 0. The van der Waals surface area contributed by atoms with Crippen LogP contribution in [0, 0.1) is 0 Å². The normalized spacial score (nSPS) is 10.6. The molecule has 0 spiro atoms. The van der Waals surface area contributed by atoms with Crippen molar-refractivity contribution in [3.8, 4) is 0 Å². The Morgan fingerprint density at radius 1 is 1.29 bits per heavy atom. The largest absolute Gasteiger partial charge is 0.478 e. The average molecular weight is 230 g/mol. The van der Waals surface area contributed by atoms with Crippen LogP contribution >= 0.6 is 0 Å². The molecule has 1 aromatic heterocycles. The van der Waals surface area contributed by atoms with Crippen LogP contribution in [0.25, 0.3) is 0 Å². The minimum atomic E-state index is -0.999. The van der Waals surface area contributed by atoms with Crippen molar-refractivity contribution in [3.63, 3.8) is 0 Å². The third kappa shape index (κ3) is 2.72. The monoisotopic (exact) mass is 230 g/mol. The van der Waals surface area contributed by atoms with Gasteiger partial charge in [0.2, 0.25) is 0 Å². The minimum absolute atomic E-state index is 0.170. The fourth-order valence-electron chi connectivity index (χ4n) is 1.30. The lowest BCUT2D eigenvalue weighted by Crippen LogP contribution is -2.01. The number of nitrogens with one attached hydrogen (secondary N) is 1. The molecular formula is C12H10N2O3. The maximum Gasteiger partial charge on any atom is 0.337 e. The van der Waals surface area contributed by atoms with Crippen LogP contribution in [0.4, 0.5) is 5.69 Å². The van der Waals surface area contributed by atoms with Crippen LogP contribution in [0.2, 0.25) is 0 Å². The number of rotatable bonds is 4. The van der Waals surface area contributed by atoms with Gasteiger partial charge in [-0.05, 0) is 24.3 Å². The third-order valence-electron chi connectivity index (χ3n) is 2.08. The van der Waals surface area contributed by atoms with Crippen LogP contribution in [0.15, 0.2) is 52.2 Å². The smallest absolute Gasteiger partial charge is 0.337 e. The van der Waals surface area contributed by atoms with Gasteiger partial charge in [-0.1, -0.05) is 12.1 Å². The molecule has 17 heavy (non-hydrogen) atoms. The highest BCUT2D eigenvalue weighted by Crippen LogP contribution is 2.14. The number of anilines is 1. The summed E-state index contributed by atoms with van der Waals surface area (Å²) in [7, 11) is 0. The topological polar surface area (TPSA) is 74.8 Å². The van der Waals surface area contributed by atoms with Crippen molar-refractivity contribution in [2.24, 2.45) is 5.10 Å². The Hall–Kier alpha value is -2.56. The Kier molecular flexibility index (Phi) is 3.20. The molecule has 0 aliphatic carbocycles. The number of carboxylic acids is 1. The first-order valence-electron chi connectivity index (χ1n) is 4.92. The van der Waals surface area contributed by atoms with Gasteiger partial charge in [-0.15, -0.1) is 0 Å². The van der Waals surface area contributed by atoms with Gasteiger partial charge in [0, 0.05) is 0 Å². The second-order valence-corrected chi connectivity index (χ2v) is 3.24. The van der Waals surface area contributed by atoms with Crippen molar-refractivity contribution in [2.75, 3.05) is 5.43 Å². The Bertz CT molecular complexity index is 532. The summed E-state index contributed by atoms with van der Waals surface area (Å²) in [5.41, 5.74) is 3.27. The van der Waals surface area contributed by atoms with Gasteiger partial charge in [0.15, 0.2) is 0 Å². The Labute approximate surface area is 97.4 Å². The van der Waals surface area contributed by atoms with E-state index in [1.54, 1.807) is 30.3 Å². The SMILES string of the molecule is O=C(O)c1ccccc1N/N=C/c1ccco1. The number of carboxylic acid groups (broad SMARTS) is 1. The molecule has 0 saturated carbocycles. The number of para-hydroxylation sites is 1. The van der Waals surface area contributed by atoms with Crippen LogP contribution in [-0.4, -0.2) is 17.3 Å². The van der Waals surface area contributed by atoms with E-state index in [0.717, 1.165) is 0 Å². The first-order valence-corrected chi connectivity index (χ1v) is 4.92. The van der Waals surface area contributed by atoms with Crippen molar-refractivity contribution >= 4 is 17.9 Å². The van der Waals surface area contributed by atoms with Crippen LogP contribution in [-0.2, 0) is 0 Å². The van der Waals surface area contributed by atoms with Crippen LogP contribution in [0.1, 0.15) is 16.1 Å². The summed E-state index contributed by atoms with van der Waals surface area (Å²) in [6.07, 6.45) is 3.01. The van der Waals surface area contributed by atoms with E-state index in [1.165, 1.54) is 18.5 Å². The van der Waals surface area contributed by atoms with Gasteiger partial charge in [-0.25, -0.2) is 4.79 Å².